The molecule has 0 fully saturated rings. The van der Waals surface area contributed by atoms with Crippen molar-refractivity contribution >= 4 is 23.6 Å². The zero-order chi connectivity index (χ0) is 19.5. The number of aromatic carboxylic acids is 1. The molecule has 1 rings (SSSR count). The van der Waals surface area contributed by atoms with Crippen LogP contribution in [0.25, 0.3) is 0 Å². The van der Waals surface area contributed by atoms with Crippen molar-refractivity contribution in [1.82, 2.24) is 14.8 Å². The Bertz CT molecular complexity index is 682. The minimum absolute atomic E-state index is 0.237. The van der Waals surface area contributed by atoms with Gasteiger partial charge in [-0.25, -0.2) is 9.59 Å². The quantitative estimate of drug-likeness (QED) is 0.734. The number of nitrogens with one attached hydrogen (secondary N) is 1. The summed E-state index contributed by atoms with van der Waals surface area (Å²) in [7, 11) is 0. The van der Waals surface area contributed by atoms with Crippen molar-refractivity contribution in [2.24, 2.45) is 0 Å². The summed E-state index contributed by atoms with van der Waals surface area (Å²) in [5.41, 5.74) is 4.59. The summed E-state index contributed by atoms with van der Waals surface area (Å²) in [6.45, 7) is 4.66. The number of alkyl halides is 3. The Balaban J connectivity index is 3.28. The Morgan fingerprint density at radius 1 is 1.36 bits per heavy atom. The second-order valence-corrected chi connectivity index (χ2v) is 5.42. The predicted octanol–water partition coefficient (Wildman–Crippen LogP) is 1.65. The van der Waals surface area contributed by atoms with Gasteiger partial charge in [0.1, 0.15) is 5.56 Å². The number of nitrogens with zero attached hydrogens (tertiary/aromatic N) is 2. The van der Waals surface area contributed by atoms with Gasteiger partial charge in [-0.05, 0) is 20.8 Å². The van der Waals surface area contributed by atoms with Crippen molar-refractivity contribution in [3.63, 3.8) is 0 Å². The van der Waals surface area contributed by atoms with E-state index in [-0.39, 0.29) is 24.0 Å². The molecule has 25 heavy (non-hydrogen) atoms. The number of carboxylic acid groups (broad SMARTS) is 1. The van der Waals surface area contributed by atoms with Gasteiger partial charge in [-0.2, -0.15) is 13.2 Å². The number of carbonyl (C=O) groups excluding carboxylic acids is 2. The Hall–Kier alpha value is -2.72. The third-order valence-electron chi connectivity index (χ3n) is 3.47. The molecule has 0 aliphatic rings. The molecule has 0 spiro atoms. The first kappa shape index (κ1) is 20.3. The number of nitrogen functional groups attached to an aromatic ring is 1. The number of anilines is 1. The van der Waals surface area contributed by atoms with Crippen LogP contribution in [0.2, 0.25) is 0 Å². The highest BCUT2D eigenvalue weighted by Gasteiger charge is 2.38. The zero-order valence-corrected chi connectivity index (χ0v) is 13.8. The fraction of sp³-hybridized carbons (Fsp3) is 0.500. The summed E-state index contributed by atoms with van der Waals surface area (Å²) >= 11 is 0. The zero-order valence-electron chi connectivity index (χ0n) is 13.8. The van der Waals surface area contributed by atoms with Crippen LogP contribution in [-0.2, 0) is 11.3 Å². The third kappa shape index (κ3) is 4.43. The van der Waals surface area contributed by atoms with E-state index in [9.17, 15) is 27.6 Å². The van der Waals surface area contributed by atoms with Crippen LogP contribution in [0.5, 0.6) is 0 Å². The molecule has 0 radical (unpaired) electrons. The van der Waals surface area contributed by atoms with E-state index in [1.807, 2.05) is 0 Å². The van der Waals surface area contributed by atoms with Crippen LogP contribution in [0, 0.1) is 0 Å². The Labute approximate surface area is 141 Å². The summed E-state index contributed by atoms with van der Waals surface area (Å²) in [6, 6.07) is -0.903. The number of aromatic nitrogens is 1. The first-order chi connectivity index (χ1) is 11.4. The molecule has 0 unspecified atom stereocenters. The van der Waals surface area contributed by atoms with Gasteiger partial charge >= 0.3 is 24.1 Å². The molecule has 0 saturated heterocycles. The Morgan fingerprint density at radius 2 is 1.92 bits per heavy atom. The number of carbonyl (C=O) groups is 3. The summed E-state index contributed by atoms with van der Waals surface area (Å²) in [5, 5.41) is 10.7. The molecule has 4 N–H and O–H groups in total. The van der Waals surface area contributed by atoms with Crippen molar-refractivity contribution in [2.75, 3.05) is 12.3 Å². The monoisotopic (exact) mass is 364 g/mol. The standard InChI is InChI=1S/C14H19F3N4O4/c1-4-20(7(2)3)13(25)21-6-8(11(22)23)10(18)9(21)5-19-12(24)14(15,16)17/h6-7H,4-5,18H2,1-3H3,(H,19,24)(H,22,23). The molecule has 0 aromatic carbocycles. The van der Waals surface area contributed by atoms with Crippen LogP contribution >= 0.6 is 0 Å². The number of hydrogen-bond acceptors (Lipinski definition) is 4. The van der Waals surface area contributed by atoms with E-state index < -0.39 is 36.2 Å². The molecule has 0 aliphatic heterocycles. The predicted molar refractivity (Wildman–Crippen MR) is 82.0 cm³/mol. The smallest absolute Gasteiger partial charge is 0.471 e. The lowest BCUT2D eigenvalue weighted by molar-refractivity contribution is -0.173. The number of amides is 2. The molecule has 1 aromatic heterocycles. The number of hydrogen-bond donors (Lipinski definition) is 3. The van der Waals surface area contributed by atoms with Gasteiger partial charge in [0.05, 0.1) is 17.9 Å². The van der Waals surface area contributed by atoms with Gasteiger partial charge in [0.15, 0.2) is 0 Å². The van der Waals surface area contributed by atoms with Crippen LogP contribution in [0.3, 0.4) is 0 Å². The highest BCUT2D eigenvalue weighted by Crippen LogP contribution is 2.23. The second-order valence-electron chi connectivity index (χ2n) is 5.42. The molecule has 1 heterocycles. The number of carboxylic acids is 1. The minimum Gasteiger partial charge on any atom is -0.478 e. The van der Waals surface area contributed by atoms with Gasteiger partial charge in [-0.1, -0.05) is 0 Å². The molecule has 0 saturated carbocycles. The summed E-state index contributed by atoms with van der Waals surface area (Å²) in [4.78, 5) is 36.1. The van der Waals surface area contributed by atoms with E-state index in [2.05, 4.69) is 0 Å². The average Bonchev–Trinajstić information content (AvgIpc) is 2.81. The minimum atomic E-state index is -5.11. The van der Waals surface area contributed by atoms with Crippen LogP contribution in [0.15, 0.2) is 6.20 Å². The van der Waals surface area contributed by atoms with Crippen molar-refractivity contribution in [3.05, 3.63) is 17.5 Å². The summed E-state index contributed by atoms with van der Waals surface area (Å²) in [5.74, 6) is -3.67. The highest BCUT2D eigenvalue weighted by molar-refractivity contribution is 5.96. The molecule has 1 aromatic rings. The summed E-state index contributed by atoms with van der Waals surface area (Å²) in [6.07, 6.45) is -4.18. The lowest BCUT2D eigenvalue weighted by Crippen LogP contribution is -2.41. The van der Waals surface area contributed by atoms with Crippen LogP contribution < -0.4 is 11.1 Å². The van der Waals surface area contributed by atoms with Gasteiger partial charge in [0, 0.05) is 18.8 Å². The average molecular weight is 364 g/mol. The van der Waals surface area contributed by atoms with Crippen molar-refractivity contribution < 1.29 is 32.7 Å². The molecule has 11 heteroatoms. The first-order valence-electron chi connectivity index (χ1n) is 7.30. The van der Waals surface area contributed by atoms with E-state index in [1.54, 1.807) is 26.1 Å². The fourth-order valence-corrected chi connectivity index (χ4v) is 2.21. The molecule has 8 nitrogen and oxygen atoms in total. The van der Waals surface area contributed by atoms with E-state index in [4.69, 9.17) is 10.8 Å². The van der Waals surface area contributed by atoms with E-state index in [0.29, 0.717) is 0 Å². The van der Waals surface area contributed by atoms with Crippen molar-refractivity contribution in [2.45, 2.75) is 39.5 Å². The van der Waals surface area contributed by atoms with Crippen LogP contribution in [0.4, 0.5) is 23.7 Å². The highest BCUT2D eigenvalue weighted by atomic mass is 19.4. The maximum absolute atomic E-state index is 12.6. The maximum atomic E-state index is 12.6. The van der Waals surface area contributed by atoms with E-state index >= 15 is 0 Å². The van der Waals surface area contributed by atoms with E-state index in [1.165, 1.54) is 4.90 Å². The van der Waals surface area contributed by atoms with Crippen LogP contribution in [0.1, 0.15) is 36.8 Å². The lowest BCUT2D eigenvalue weighted by Gasteiger charge is -2.26. The third-order valence-corrected chi connectivity index (χ3v) is 3.47. The van der Waals surface area contributed by atoms with E-state index in [0.717, 1.165) is 10.8 Å². The molecule has 0 atom stereocenters. The molecular formula is C14H19F3N4O4. The number of nitrogens with two attached hydrogens (primary N) is 1. The first-order valence-corrected chi connectivity index (χ1v) is 7.30. The normalized spacial score (nSPS) is 11.5. The van der Waals surface area contributed by atoms with Crippen molar-refractivity contribution in [1.29, 1.82) is 0 Å². The van der Waals surface area contributed by atoms with Gasteiger partial charge < -0.3 is 21.1 Å². The van der Waals surface area contributed by atoms with Crippen LogP contribution in [-0.4, -0.2) is 51.2 Å². The largest absolute Gasteiger partial charge is 0.478 e. The molecule has 0 aliphatic carbocycles. The molecule has 140 valence electrons. The fourth-order valence-electron chi connectivity index (χ4n) is 2.21. The Kier molecular flexibility index (Phi) is 6.05. The van der Waals surface area contributed by atoms with Gasteiger partial charge in [0.2, 0.25) is 0 Å². The Morgan fingerprint density at radius 3 is 2.32 bits per heavy atom. The topological polar surface area (TPSA) is 118 Å². The lowest BCUT2D eigenvalue weighted by atomic mass is 10.2. The SMILES string of the molecule is CCN(C(=O)n1cc(C(=O)O)c(N)c1CNC(=O)C(F)(F)F)C(C)C. The second kappa shape index (κ2) is 7.45. The van der Waals surface area contributed by atoms with Crippen molar-refractivity contribution in [3.8, 4) is 0 Å². The number of halogens is 3. The summed E-state index contributed by atoms with van der Waals surface area (Å²) < 4.78 is 37.8. The van der Waals surface area contributed by atoms with Gasteiger partial charge in [-0.15, -0.1) is 0 Å². The molecular weight excluding hydrogens is 345 g/mol. The molecule has 0 bridgehead atoms. The van der Waals surface area contributed by atoms with Gasteiger partial charge in [0.25, 0.3) is 0 Å². The van der Waals surface area contributed by atoms with Gasteiger partial charge in [-0.3, -0.25) is 9.36 Å². The maximum Gasteiger partial charge on any atom is 0.471 e. The molecule has 2 amide bonds. The number of rotatable bonds is 5.